The van der Waals surface area contributed by atoms with Crippen LogP contribution in [0.3, 0.4) is 0 Å². The molecule has 1 heterocycles. The summed E-state index contributed by atoms with van der Waals surface area (Å²) in [4.78, 5) is 4.49. The average molecular weight is 345 g/mol. The van der Waals surface area contributed by atoms with Gasteiger partial charge in [0, 0.05) is 4.47 Å². The highest BCUT2D eigenvalue weighted by atomic mass is 79.9. The first-order valence-corrected chi connectivity index (χ1v) is 7.23. The lowest BCUT2D eigenvalue weighted by molar-refractivity contribution is -0.601. The maximum atomic E-state index is 12.5. The molecule has 3 aromatic rings. The number of ether oxygens (including phenoxy) is 1. The molecule has 0 spiro atoms. The fourth-order valence-corrected chi connectivity index (χ4v) is 2.61. The summed E-state index contributed by atoms with van der Waals surface area (Å²) < 4.78 is 6.93. The lowest BCUT2D eigenvalue weighted by Gasteiger charge is -2.11. The highest BCUT2D eigenvalue weighted by Gasteiger charge is 2.17. The quantitative estimate of drug-likeness (QED) is 0.527. The molecule has 5 heteroatoms. The summed E-state index contributed by atoms with van der Waals surface area (Å²) in [5, 5.41) is 13.3. The van der Waals surface area contributed by atoms with E-state index in [4.69, 9.17) is 4.74 Å². The van der Waals surface area contributed by atoms with Crippen LogP contribution in [0.2, 0.25) is 0 Å². The molecule has 0 atom stereocenters. The Morgan fingerprint density at radius 1 is 1.14 bits per heavy atom. The van der Waals surface area contributed by atoms with Gasteiger partial charge < -0.3 is 9.94 Å². The zero-order chi connectivity index (χ0) is 15.0. The van der Waals surface area contributed by atoms with Crippen LogP contribution in [0.25, 0.3) is 22.3 Å². The van der Waals surface area contributed by atoms with Crippen LogP contribution in [-0.2, 0) is 0 Å². The average Bonchev–Trinajstić information content (AvgIpc) is 2.51. The first-order chi connectivity index (χ1) is 10.1. The van der Waals surface area contributed by atoms with E-state index < -0.39 is 0 Å². The van der Waals surface area contributed by atoms with Gasteiger partial charge in [-0.15, -0.1) is 0 Å². The number of halogens is 1. The maximum Gasteiger partial charge on any atom is 0.334 e. The Balaban J connectivity index is 2.22. The largest absolute Gasteiger partial charge is 0.710 e. The molecule has 4 nitrogen and oxygen atoms in total. The Kier molecular flexibility index (Phi) is 3.51. The molecule has 106 valence electrons. The normalized spacial score (nSPS) is 10.8. The van der Waals surface area contributed by atoms with Gasteiger partial charge in [0.2, 0.25) is 0 Å². The smallest absolute Gasteiger partial charge is 0.334 e. The molecule has 1 aromatic heterocycles. The Bertz CT molecular complexity index is 817. The van der Waals surface area contributed by atoms with Gasteiger partial charge in [0.05, 0.1) is 18.1 Å². The van der Waals surface area contributed by atoms with Gasteiger partial charge in [0.25, 0.3) is 0 Å². The van der Waals surface area contributed by atoms with E-state index in [2.05, 4.69) is 20.9 Å². The van der Waals surface area contributed by atoms with Crippen molar-refractivity contribution < 1.29 is 9.47 Å². The number of methoxy groups -OCH3 is 1. The second kappa shape index (κ2) is 5.33. The molecule has 0 bridgehead atoms. The van der Waals surface area contributed by atoms with Crippen LogP contribution in [0.4, 0.5) is 0 Å². The fourth-order valence-electron chi connectivity index (χ4n) is 2.25. The maximum absolute atomic E-state index is 12.5. The Labute approximate surface area is 130 Å². The van der Waals surface area contributed by atoms with Gasteiger partial charge in [-0.2, -0.15) is 0 Å². The topological polar surface area (TPSA) is 49.1 Å². The van der Waals surface area contributed by atoms with Crippen LogP contribution in [0, 0.1) is 12.1 Å². The second-order valence-corrected chi connectivity index (χ2v) is 5.62. The summed E-state index contributed by atoms with van der Waals surface area (Å²) in [6.45, 7) is 1.80. The first kappa shape index (κ1) is 13.8. The van der Waals surface area contributed by atoms with Crippen molar-refractivity contribution in [1.29, 1.82) is 0 Å². The van der Waals surface area contributed by atoms with E-state index in [9.17, 15) is 5.21 Å². The van der Waals surface area contributed by atoms with Gasteiger partial charge in [-0.05, 0) is 54.4 Å². The second-order valence-electron chi connectivity index (χ2n) is 4.71. The molecule has 0 N–H and O–H groups in total. The Hall–Kier alpha value is -2.14. The van der Waals surface area contributed by atoms with E-state index in [-0.39, 0.29) is 0 Å². The number of hydrogen-bond acceptors (Lipinski definition) is 3. The molecule has 0 aliphatic carbocycles. The number of aromatic nitrogens is 2. The van der Waals surface area contributed by atoms with E-state index in [1.807, 2.05) is 42.5 Å². The zero-order valence-corrected chi connectivity index (χ0v) is 13.2. The fraction of sp³-hybridized carbons (Fsp3) is 0.125. The number of nitrogens with zero attached hydrogens (tertiary/aromatic N) is 2. The molecule has 0 radical (unpaired) electrons. The third-order valence-corrected chi connectivity index (χ3v) is 3.91. The predicted octanol–water partition coefficient (Wildman–Crippen LogP) is 3.61. The summed E-state index contributed by atoms with van der Waals surface area (Å²) in [6.07, 6.45) is 0. The van der Waals surface area contributed by atoms with Crippen molar-refractivity contribution in [2.24, 2.45) is 0 Å². The van der Waals surface area contributed by atoms with Crippen LogP contribution in [0.5, 0.6) is 5.75 Å². The number of aryl methyl sites for hydroxylation is 1. The highest BCUT2D eigenvalue weighted by molar-refractivity contribution is 9.10. The molecule has 21 heavy (non-hydrogen) atoms. The minimum absolute atomic E-state index is 0.393. The van der Waals surface area contributed by atoms with Crippen LogP contribution >= 0.6 is 15.9 Å². The molecule has 0 fully saturated rings. The first-order valence-electron chi connectivity index (χ1n) is 6.44. The highest BCUT2D eigenvalue weighted by Crippen LogP contribution is 2.24. The van der Waals surface area contributed by atoms with Crippen molar-refractivity contribution in [2.45, 2.75) is 6.92 Å². The number of hydrogen-bond donors (Lipinski definition) is 0. The van der Waals surface area contributed by atoms with Crippen LogP contribution in [0.1, 0.15) is 5.69 Å². The molecule has 0 unspecified atom stereocenters. The summed E-state index contributed by atoms with van der Waals surface area (Å²) in [5.41, 5.74) is 2.19. The van der Waals surface area contributed by atoms with Gasteiger partial charge in [-0.25, -0.2) is 4.73 Å². The van der Waals surface area contributed by atoms with E-state index in [1.165, 1.54) is 0 Å². The number of benzene rings is 2. The van der Waals surface area contributed by atoms with E-state index in [0.29, 0.717) is 11.5 Å². The molecule has 0 saturated heterocycles. The molecular formula is C16H13BrN2O2. The predicted molar refractivity (Wildman–Crippen MR) is 85.1 cm³/mol. The molecule has 0 saturated carbocycles. The van der Waals surface area contributed by atoms with Gasteiger partial charge >= 0.3 is 5.82 Å². The minimum Gasteiger partial charge on any atom is -0.710 e. The minimum atomic E-state index is 0.393. The van der Waals surface area contributed by atoms with E-state index in [1.54, 1.807) is 14.0 Å². The van der Waals surface area contributed by atoms with Crippen LogP contribution in [0.15, 0.2) is 46.9 Å². The number of rotatable bonds is 2. The molecule has 0 aliphatic rings. The third-order valence-electron chi connectivity index (χ3n) is 3.42. The van der Waals surface area contributed by atoms with Crippen molar-refractivity contribution in [1.82, 2.24) is 4.98 Å². The van der Waals surface area contributed by atoms with E-state index >= 15 is 0 Å². The van der Waals surface area contributed by atoms with Crippen molar-refractivity contribution in [3.05, 3.63) is 57.8 Å². The lowest BCUT2D eigenvalue weighted by Crippen LogP contribution is -2.34. The van der Waals surface area contributed by atoms with Crippen molar-refractivity contribution >= 4 is 26.8 Å². The van der Waals surface area contributed by atoms with Gasteiger partial charge in [0.1, 0.15) is 11.4 Å². The van der Waals surface area contributed by atoms with Gasteiger partial charge in [-0.1, -0.05) is 15.9 Å². The van der Waals surface area contributed by atoms with Crippen LogP contribution < -0.4 is 9.47 Å². The lowest BCUT2D eigenvalue weighted by atomic mass is 10.1. The van der Waals surface area contributed by atoms with Crippen molar-refractivity contribution in [2.75, 3.05) is 7.11 Å². The van der Waals surface area contributed by atoms with E-state index in [0.717, 1.165) is 31.4 Å². The SMILES string of the molecule is COc1ccc(-c2nc3ccc(Br)cc3c(C)[n+]2[O-])cc1. The summed E-state index contributed by atoms with van der Waals surface area (Å²) >= 11 is 3.42. The number of fused-ring (bicyclic) bond motifs is 1. The van der Waals surface area contributed by atoms with Crippen molar-refractivity contribution in [3.8, 4) is 17.1 Å². The third kappa shape index (κ3) is 2.45. The van der Waals surface area contributed by atoms with Gasteiger partial charge in [-0.3, -0.25) is 0 Å². The molecule has 0 aliphatic heterocycles. The Morgan fingerprint density at radius 2 is 1.86 bits per heavy atom. The molecule has 3 rings (SSSR count). The van der Waals surface area contributed by atoms with Gasteiger partial charge in [0.15, 0.2) is 5.52 Å². The van der Waals surface area contributed by atoms with Crippen molar-refractivity contribution in [3.63, 3.8) is 0 Å². The zero-order valence-electron chi connectivity index (χ0n) is 11.6. The molecular weight excluding hydrogens is 332 g/mol. The Morgan fingerprint density at radius 3 is 2.52 bits per heavy atom. The standard InChI is InChI=1S/C16H13BrN2O2/c1-10-14-9-12(17)5-8-15(14)18-16(19(10)20)11-3-6-13(21-2)7-4-11/h3-9H,1-2H3. The summed E-state index contributed by atoms with van der Waals surface area (Å²) in [6, 6.07) is 13.0. The summed E-state index contributed by atoms with van der Waals surface area (Å²) in [7, 11) is 1.61. The molecule has 2 aromatic carbocycles. The summed E-state index contributed by atoms with van der Waals surface area (Å²) in [5.74, 6) is 1.14. The van der Waals surface area contributed by atoms with Crippen LogP contribution in [-0.4, -0.2) is 12.1 Å². The monoisotopic (exact) mass is 344 g/mol. The molecule has 0 amide bonds.